The Morgan fingerprint density at radius 1 is 1.25 bits per heavy atom. The van der Waals surface area contributed by atoms with E-state index in [0.29, 0.717) is 0 Å². The fourth-order valence-electron chi connectivity index (χ4n) is 0. The zero-order valence-electron chi connectivity index (χ0n) is 1.06. The predicted molar refractivity (Wildman–Crippen MR) is 35.2 cm³/mol. The van der Waals surface area contributed by atoms with Crippen molar-refractivity contribution in [2.75, 3.05) is 0 Å². The van der Waals surface area contributed by atoms with Crippen LogP contribution in [0.5, 0.6) is 0 Å². The van der Waals surface area contributed by atoms with Crippen LogP contribution in [0.15, 0.2) is 0 Å². The second-order valence-electron chi connectivity index (χ2n) is 0.0431. The molecule has 0 rings (SSSR count). The van der Waals surface area contributed by atoms with E-state index in [1.807, 2.05) is 0 Å². The average Bonchev–Trinajstić information content (AvgIpc) is 0.918. The van der Waals surface area contributed by atoms with Gasteiger partial charge >= 0.3 is 68.0 Å². The third kappa shape index (κ3) is 8.82. The molecular formula is HCuI2Li. The van der Waals surface area contributed by atoms with Crippen LogP contribution >= 0.6 is 40.7 Å². The average molecular weight is 325 g/mol. The molecular weight excluding hydrogens is 324 g/mol. The minimum absolute atomic E-state index is 0. The Bertz CT molecular complexity index is 6.00. The summed E-state index contributed by atoms with van der Waals surface area (Å²) >= 11 is 4.36. The normalized spacial score (nSPS) is 5.50. The van der Waals surface area contributed by atoms with Crippen LogP contribution in [-0.4, -0.2) is 18.9 Å². The SMILES string of the molecule is [I][Cu][I].[LiH]. The summed E-state index contributed by atoms with van der Waals surface area (Å²) in [5.41, 5.74) is 0. The molecule has 0 radical (unpaired) electrons. The summed E-state index contributed by atoms with van der Waals surface area (Å²) in [6.07, 6.45) is 0. The molecule has 0 heterocycles. The van der Waals surface area contributed by atoms with Gasteiger partial charge in [0.05, 0.1) is 0 Å². The van der Waals surface area contributed by atoms with Crippen LogP contribution in [0.25, 0.3) is 0 Å². The Kier molecular flexibility index (Phi) is 22.3. The van der Waals surface area contributed by atoms with Gasteiger partial charge in [-0.2, -0.15) is 0 Å². The molecule has 0 aliphatic carbocycles. The van der Waals surface area contributed by atoms with Gasteiger partial charge in [-0.1, -0.05) is 0 Å². The molecule has 0 unspecified atom stereocenters. The van der Waals surface area contributed by atoms with E-state index in [9.17, 15) is 0 Å². The van der Waals surface area contributed by atoms with Crippen LogP contribution in [-0.2, 0) is 8.46 Å². The maximum absolute atomic E-state index is 2.18. The van der Waals surface area contributed by atoms with Crippen LogP contribution < -0.4 is 0 Å². The van der Waals surface area contributed by atoms with Crippen molar-refractivity contribution < 1.29 is 8.46 Å². The van der Waals surface area contributed by atoms with Crippen molar-refractivity contribution in [3.63, 3.8) is 0 Å². The molecule has 0 aromatic rings. The van der Waals surface area contributed by atoms with Crippen molar-refractivity contribution in [1.82, 2.24) is 0 Å². The molecule has 0 saturated carbocycles. The summed E-state index contributed by atoms with van der Waals surface area (Å²) in [5.74, 6) is 0. The molecule has 0 aromatic carbocycles. The fraction of sp³-hybridized carbons (Fsp3) is 0. The number of halogens is 2. The Hall–Kier alpha value is 2.58. The topological polar surface area (TPSA) is 0 Å². The van der Waals surface area contributed by atoms with Crippen molar-refractivity contribution in [3.05, 3.63) is 0 Å². The zero-order valence-corrected chi connectivity index (χ0v) is 6.31. The van der Waals surface area contributed by atoms with Crippen LogP contribution in [0.3, 0.4) is 0 Å². The molecule has 0 nitrogen and oxygen atoms in total. The fourth-order valence-corrected chi connectivity index (χ4v) is 0. The minimum atomic E-state index is 0. The molecule has 0 saturated heterocycles. The van der Waals surface area contributed by atoms with Crippen molar-refractivity contribution in [2.45, 2.75) is 0 Å². The van der Waals surface area contributed by atoms with Crippen LogP contribution in [0.2, 0.25) is 0 Å². The standard InChI is InChI=1S/Cu.2HI.Li.H/h;2*1H;;/q+2;;;;/p-2. The number of hydrogen-bond acceptors (Lipinski definition) is 0. The van der Waals surface area contributed by atoms with Gasteiger partial charge in [-0.15, -0.1) is 0 Å². The third-order valence-electron chi connectivity index (χ3n) is 0. The first kappa shape index (κ1) is 9.76. The van der Waals surface area contributed by atoms with Gasteiger partial charge in [0.25, 0.3) is 0 Å². The first-order valence-electron chi connectivity index (χ1n) is 0.228. The molecule has 0 aliphatic rings. The molecule has 0 aromatic heterocycles. The number of hydrogen-bond donors (Lipinski definition) is 0. The molecule has 4 heteroatoms. The van der Waals surface area contributed by atoms with E-state index in [4.69, 9.17) is 0 Å². The van der Waals surface area contributed by atoms with Crippen LogP contribution in [0.4, 0.5) is 0 Å². The van der Waals surface area contributed by atoms with Gasteiger partial charge in [0.1, 0.15) is 0 Å². The van der Waals surface area contributed by atoms with Gasteiger partial charge in [0, 0.05) is 0 Å². The van der Waals surface area contributed by atoms with Gasteiger partial charge in [-0.3, -0.25) is 0 Å². The molecule has 0 atom stereocenters. The summed E-state index contributed by atoms with van der Waals surface area (Å²) in [7, 11) is 1.75. The van der Waals surface area contributed by atoms with Crippen LogP contribution in [0.1, 0.15) is 0 Å². The second kappa shape index (κ2) is 9.13. The first-order chi connectivity index (χ1) is 1.41. The quantitative estimate of drug-likeness (QED) is 0.463. The Labute approximate surface area is 66.7 Å². The zero-order chi connectivity index (χ0) is 2.71. The van der Waals surface area contributed by atoms with Crippen molar-refractivity contribution in [1.29, 1.82) is 0 Å². The molecule has 0 N–H and O–H groups in total. The summed E-state index contributed by atoms with van der Waals surface area (Å²) in [5, 5.41) is 0. The second-order valence-corrected chi connectivity index (χ2v) is 7.99. The van der Waals surface area contributed by atoms with E-state index >= 15 is 0 Å². The molecule has 4 heavy (non-hydrogen) atoms. The van der Waals surface area contributed by atoms with E-state index in [1.54, 1.807) is 8.46 Å². The van der Waals surface area contributed by atoms with Crippen molar-refractivity contribution >= 4 is 59.5 Å². The molecule has 0 spiro atoms. The Balaban J connectivity index is 0. The molecule has 0 amide bonds. The van der Waals surface area contributed by atoms with E-state index in [-0.39, 0.29) is 18.9 Å². The van der Waals surface area contributed by atoms with E-state index in [1.165, 1.54) is 0 Å². The first-order valence-corrected chi connectivity index (χ1v) is 6.30. The summed E-state index contributed by atoms with van der Waals surface area (Å²) in [6.45, 7) is 0. The van der Waals surface area contributed by atoms with Crippen LogP contribution in [0, 0.1) is 0 Å². The summed E-state index contributed by atoms with van der Waals surface area (Å²) in [6, 6.07) is 0. The summed E-state index contributed by atoms with van der Waals surface area (Å²) in [4.78, 5) is 0. The molecule has 0 fully saturated rings. The van der Waals surface area contributed by atoms with E-state index in [2.05, 4.69) is 40.7 Å². The predicted octanol–water partition coefficient (Wildman–Crippen LogP) is 1.12. The number of rotatable bonds is 0. The third-order valence-corrected chi connectivity index (χ3v) is 0. The Morgan fingerprint density at radius 2 is 1.25 bits per heavy atom. The van der Waals surface area contributed by atoms with Gasteiger partial charge in [-0.05, 0) is 0 Å². The van der Waals surface area contributed by atoms with E-state index in [0.717, 1.165) is 0 Å². The summed E-state index contributed by atoms with van der Waals surface area (Å²) < 4.78 is 0. The van der Waals surface area contributed by atoms with E-state index < -0.39 is 0 Å². The van der Waals surface area contributed by atoms with Gasteiger partial charge < -0.3 is 0 Å². The molecule has 0 aliphatic heterocycles. The van der Waals surface area contributed by atoms with Crippen molar-refractivity contribution in [2.24, 2.45) is 0 Å². The Morgan fingerprint density at radius 3 is 1.25 bits per heavy atom. The maximum atomic E-state index is 2.18. The van der Waals surface area contributed by atoms with Crippen molar-refractivity contribution in [3.8, 4) is 0 Å². The molecule has 27 valence electrons. The monoisotopic (exact) mass is 325 g/mol. The van der Waals surface area contributed by atoms with Gasteiger partial charge in [0.2, 0.25) is 0 Å². The van der Waals surface area contributed by atoms with Gasteiger partial charge in [-0.25, -0.2) is 0 Å². The van der Waals surface area contributed by atoms with Gasteiger partial charge in [0.15, 0.2) is 0 Å². The molecule has 0 bridgehead atoms.